The van der Waals surface area contributed by atoms with Crippen LogP contribution >= 0.6 is 0 Å². The summed E-state index contributed by atoms with van der Waals surface area (Å²) < 4.78 is 25.3. The van der Waals surface area contributed by atoms with Gasteiger partial charge in [-0.05, 0) is 19.1 Å². The Bertz CT molecular complexity index is 1110. The number of hydrogen-bond acceptors (Lipinski definition) is 6. The third-order valence-corrected chi connectivity index (χ3v) is 4.43. The molecule has 3 aromatic rings. The Morgan fingerprint density at radius 2 is 1.78 bits per heavy atom. The van der Waals surface area contributed by atoms with Crippen LogP contribution in [0.2, 0.25) is 0 Å². The van der Waals surface area contributed by atoms with Crippen LogP contribution in [-0.4, -0.2) is 30.4 Å². The van der Waals surface area contributed by atoms with Crippen molar-refractivity contribution in [3.05, 3.63) is 60.3 Å². The van der Waals surface area contributed by atoms with Crippen LogP contribution in [0.5, 0.6) is 0 Å². The molecule has 0 unspecified atom stereocenters. The minimum Gasteiger partial charge on any atom is -0.382 e. The maximum atomic E-state index is 11.4. The largest absolute Gasteiger partial charge is 0.382 e. The maximum absolute atomic E-state index is 11.4. The van der Waals surface area contributed by atoms with Gasteiger partial charge in [0.05, 0.1) is 18.1 Å². The van der Waals surface area contributed by atoms with E-state index in [4.69, 9.17) is 5.73 Å². The van der Waals surface area contributed by atoms with Crippen molar-refractivity contribution in [2.75, 3.05) is 16.7 Å². The van der Waals surface area contributed by atoms with Gasteiger partial charge in [0.15, 0.2) is 5.78 Å². The second-order valence-electron chi connectivity index (χ2n) is 6.08. The topological polar surface area (TPSA) is 115 Å². The van der Waals surface area contributed by atoms with Crippen LogP contribution in [0, 0.1) is 0 Å². The third kappa shape index (κ3) is 4.48. The molecule has 0 saturated carbocycles. The highest BCUT2D eigenvalue weighted by Crippen LogP contribution is 2.27. The van der Waals surface area contributed by atoms with Crippen LogP contribution in [-0.2, 0) is 10.0 Å². The van der Waals surface area contributed by atoms with E-state index in [0.717, 1.165) is 11.8 Å². The average molecular weight is 382 g/mol. The summed E-state index contributed by atoms with van der Waals surface area (Å²) in [4.78, 5) is 20.2. The number of nitrogens with two attached hydrogens (primary N) is 1. The van der Waals surface area contributed by atoms with E-state index in [-0.39, 0.29) is 11.6 Å². The van der Waals surface area contributed by atoms with Gasteiger partial charge < -0.3 is 5.73 Å². The maximum Gasteiger partial charge on any atom is 0.229 e. The highest BCUT2D eigenvalue weighted by Gasteiger charge is 2.11. The minimum atomic E-state index is -3.38. The molecule has 2 aromatic carbocycles. The summed E-state index contributed by atoms with van der Waals surface area (Å²) in [5.41, 5.74) is 9.47. The summed E-state index contributed by atoms with van der Waals surface area (Å²) >= 11 is 0. The number of hydrogen-bond donors (Lipinski definition) is 2. The first kappa shape index (κ1) is 18.5. The van der Waals surface area contributed by atoms with Crippen molar-refractivity contribution < 1.29 is 13.2 Å². The predicted molar refractivity (Wildman–Crippen MR) is 106 cm³/mol. The number of Topliss-reactive ketones (excluding diaryl/α,β-unsaturated/α-hetero) is 1. The highest BCUT2D eigenvalue weighted by atomic mass is 32.2. The number of rotatable bonds is 5. The molecule has 27 heavy (non-hydrogen) atoms. The van der Waals surface area contributed by atoms with Crippen LogP contribution in [0.4, 0.5) is 11.5 Å². The summed E-state index contributed by atoms with van der Waals surface area (Å²) in [6, 6.07) is 13.8. The van der Waals surface area contributed by atoms with Crippen molar-refractivity contribution in [1.29, 1.82) is 0 Å². The van der Waals surface area contributed by atoms with Gasteiger partial charge in [0, 0.05) is 22.4 Å². The highest BCUT2D eigenvalue weighted by molar-refractivity contribution is 7.92. The normalized spacial score (nSPS) is 11.2. The lowest BCUT2D eigenvalue weighted by Gasteiger charge is -2.09. The van der Waals surface area contributed by atoms with Crippen molar-refractivity contribution in [3.8, 4) is 22.5 Å². The lowest BCUT2D eigenvalue weighted by molar-refractivity contribution is 0.101. The van der Waals surface area contributed by atoms with Gasteiger partial charge in [-0.25, -0.2) is 18.4 Å². The molecule has 0 aliphatic heterocycles. The zero-order valence-corrected chi connectivity index (χ0v) is 15.6. The van der Waals surface area contributed by atoms with Gasteiger partial charge in [0.25, 0.3) is 0 Å². The zero-order chi connectivity index (χ0) is 19.6. The van der Waals surface area contributed by atoms with E-state index >= 15 is 0 Å². The van der Waals surface area contributed by atoms with E-state index in [1.807, 2.05) is 0 Å². The first-order valence-electron chi connectivity index (χ1n) is 8.05. The summed E-state index contributed by atoms with van der Waals surface area (Å²) in [6.07, 6.45) is 2.62. The minimum absolute atomic E-state index is 0.0236. The summed E-state index contributed by atoms with van der Waals surface area (Å²) in [5, 5.41) is 0. The number of ketones is 1. The van der Waals surface area contributed by atoms with Gasteiger partial charge in [0.1, 0.15) is 11.5 Å². The Hall–Kier alpha value is -3.26. The van der Waals surface area contributed by atoms with Crippen LogP contribution in [0.1, 0.15) is 17.3 Å². The number of carbonyl (C=O) groups excluding carboxylic acids is 1. The van der Waals surface area contributed by atoms with Crippen LogP contribution < -0.4 is 10.5 Å². The average Bonchev–Trinajstić information content (AvgIpc) is 2.61. The molecule has 3 rings (SSSR count). The number of nitrogen functional groups attached to an aromatic ring is 1. The Balaban J connectivity index is 2.01. The molecule has 0 atom stereocenters. The van der Waals surface area contributed by atoms with E-state index < -0.39 is 10.0 Å². The van der Waals surface area contributed by atoms with E-state index in [0.29, 0.717) is 28.2 Å². The summed E-state index contributed by atoms with van der Waals surface area (Å²) in [6.45, 7) is 1.50. The molecule has 0 radical (unpaired) electrons. The fourth-order valence-electron chi connectivity index (χ4n) is 2.57. The van der Waals surface area contributed by atoms with Gasteiger partial charge >= 0.3 is 0 Å². The number of nitrogens with one attached hydrogen (secondary N) is 1. The molecule has 8 heteroatoms. The number of nitrogens with zero attached hydrogens (tertiary/aromatic N) is 2. The fourth-order valence-corrected chi connectivity index (χ4v) is 3.12. The second-order valence-corrected chi connectivity index (χ2v) is 7.83. The Labute approximate surface area is 157 Å². The van der Waals surface area contributed by atoms with Gasteiger partial charge in [-0.1, -0.05) is 36.4 Å². The van der Waals surface area contributed by atoms with Crippen molar-refractivity contribution in [1.82, 2.24) is 9.97 Å². The second kappa shape index (κ2) is 7.16. The molecule has 138 valence electrons. The van der Waals surface area contributed by atoms with Gasteiger partial charge in [-0.15, -0.1) is 0 Å². The Morgan fingerprint density at radius 1 is 1.07 bits per heavy atom. The van der Waals surface area contributed by atoms with Crippen molar-refractivity contribution in [2.45, 2.75) is 6.92 Å². The third-order valence-electron chi connectivity index (χ3n) is 3.83. The lowest BCUT2D eigenvalue weighted by Crippen LogP contribution is -2.09. The number of carbonyl (C=O) groups is 1. The van der Waals surface area contributed by atoms with E-state index in [9.17, 15) is 13.2 Å². The Kier molecular flexibility index (Phi) is 4.91. The fraction of sp³-hybridized carbons (Fsp3) is 0.105. The number of sulfonamides is 1. The van der Waals surface area contributed by atoms with Crippen molar-refractivity contribution >= 4 is 27.3 Å². The predicted octanol–water partition coefficient (Wildman–Crippen LogP) is 2.97. The van der Waals surface area contributed by atoms with Crippen LogP contribution in [0.15, 0.2) is 54.7 Å². The quantitative estimate of drug-likeness (QED) is 0.656. The molecular weight excluding hydrogens is 364 g/mol. The smallest absolute Gasteiger partial charge is 0.229 e. The number of benzene rings is 2. The molecule has 0 aliphatic rings. The molecule has 0 fully saturated rings. The monoisotopic (exact) mass is 382 g/mol. The molecule has 0 aliphatic carbocycles. The molecule has 0 amide bonds. The zero-order valence-electron chi connectivity index (χ0n) is 14.8. The number of aromatic nitrogens is 2. The standard InChI is InChI=1S/C19H18N4O3S/c1-12(24)13-6-8-14(9-7-13)18-19(20)21-11-17(22-18)15-4-3-5-16(10-15)23-27(2,25)26/h3-11,23H,1-2H3,(H2,20,21). The van der Waals surface area contributed by atoms with Crippen LogP contribution in [0.25, 0.3) is 22.5 Å². The molecule has 0 saturated heterocycles. The van der Waals surface area contributed by atoms with Gasteiger partial charge in [-0.2, -0.15) is 0 Å². The van der Waals surface area contributed by atoms with Crippen molar-refractivity contribution in [2.24, 2.45) is 0 Å². The molecule has 0 spiro atoms. The first-order chi connectivity index (χ1) is 12.7. The van der Waals surface area contributed by atoms with E-state index in [1.54, 1.807) is 48.5 Å². The first-order valence-corrected chi connectivity index (χ1v) is 9.94. The lowest BCUT2D eigenvalue weighted by atomic mass is 10.1. The van der Waals surface area contributed by atoms with Crippen molar-refractivity contribution in [3.63, 3.8) is 0 Å². The molecule has 0 bridgehead atoms. The summed E-state index contributed by atoms with van der Waals surface area (Å²) in [5.74, 6) is 0.240. The molecule has 1 aromatic heterocycles. The van der Waals surface area contributed by atoms with Gasteiger partial charge in [-0.3, -0.25) is 9.52 Å². The van der Waals surface area contributed by atoms with E-state index in [2.05, 4.69) is 14.7 Å². The van der Waals surface area contributed by atoms with Crippen LogP contribution in [0.3, 0.4) is 0 Å². The summed E-state index contributed by atoms with van der Waals surface area (Å²) in [7, 11) is -3.38. The number of anilines is 2. The Morgan fingerprint density at radius 3 is 2.41 bits per heavy atom. The molecule has 3 N–H and O–H groups in total. The molecule has 1 heterocycles. The van der Waals surface area contributed by atoms with Gasteiger partial charge in [0.2, 0.25) is 10.0 Å². The molecular formula is C19H18N4O3S. The SMILES string of the molecule is CC(=O)c1ccc(-c2nc(-c3cccc(NS(C)(=O)=O)c3)cnc2N)cc1. The van der Waals surface area contributed by atoms with E-state index in [1.165, 1.54) is 13.1 Å². The molecule has 7 nitrogen and oxygen atoms in total.